The molecule has 2 aliphatic heterocycles. The maximum absolute atomic E-state index is 12.8. The second kappa shape index (κ2) is 13.9. The number of aromatic nitrogens is 1. The molecule has 0 saturated carbocycles. The van der Waals surface area contributed by atoms with Gasteiger partial charge in [0.15, 0.2) is 0 Å². The van der Waals surface area contributed by atoms with E-state index in [-0.39, 0.29) is 78.3 Å². The summed E-state index contributed by atoms with van der Waals surface area (Å²) in [6, 6.07) is 8.30. The van der Waals surface area contributed by atoms with Crippen LogP contribution in [0.2, 0.25) is 0 Å². The van der Waals surface area contributed by atoms with Gasteiger partial charge in [-0.1, -0.05) is 12.1 Å². The zero-order valence-electron chi connectivity index (χ0n) is 23.7. The van der Waals surface area contributed by atoms with E-state index in [4.69, 9.17) is 4.74 Å². The second-order valence-corrected chi connectivity index (χ2v) is 13.1. The molecule has 0 unspecified atom stereocenters. The summed E-state index contributed by atoms with van der Waals surface area (Å²) in [4.78, 5) is 45.7. The van der Waals surface area contributed by atoms with E-state index in [1.54, 1.807) is 16.7 Å². The Balaban J connectivity index is 1.42. The van der Waals surface area contributed by atoms with Crippen molar-refractivity contribution in [2.24, 2.45) is 5.92 Å². The Hall–Kier alpha value is -3.84. The van der Waals surface area contributed by atoms with Gasteiger partial charge in [0.25, 0.3) is 0 Å². The molecule has 1 aromatic heterocycles. The number of sulfonamides is 1. The molecule has 11 nitrogen and oxygen atoms in total. The largest absolute Gasteiger partial charge is 0.462 e. The number of esters is 1. The number of rotatable bonds is 10. The highest BCUT2D eigenvalue weighted by Crippen LogP contribution is 2.37. The number of anilines is 1. The van der Waals surface area contributed by atoms with E-state index in [9.17, 15) is 41.2 Å². The van der Waals surface area contributed by atoms with Crippen LogP contribution >= 0.6 is 11.8 Å². The topological polar surface area (TPSA) is 150 Å². The molecule has 2 aromatic rings. The fourth-order valence-electron chi connectivity index (χ4n) is 5.05. The standard InChI is InChI=1S/C28H30F3N5O6S2/c1-2-42-27(39)22-14-20(15-32)25(33-23(22)16-36-11-3-4-24(36)37)35-12-9-19(10-13-35)26(38)34-44(40,41)17-18-5-7-21(8-6-18)43-28(29,30)31/h5-8,14,19H,2-4,9-13,16-17H2,1H3,(H,34,38). The third-order valence-corrected chi connectivity index (χ3v) is 9.11. The van der Waals surface area contributed by atoms with Crippen molar-refractivity contribution in [3.05, 3.63) is 52.7 Å². The number of hydrogen-bond acceptors (Lipinski definition) is 10. The first-order valence-electron chi connectivity index (χ1n) is 13.8. The van der Waals surface area contributed by atoms with Crippen LogP contribution in [0.1, 0.15) is 59.8 Å². The van der Waals surface area contributed by atoms with Crippen molar-refractivity contribution in [2.75, 3.05) is 31.1 Å². The minimum Gasteiger partial charge on any atom is -0.462 e. The summed E-state index contributed by atoms with van der Waals surface area (Å²) in [6.45, 7) is 2.88. The smallest absolute Gasteiger partial charge is 0.446 e. The molecular formula is C28H30F3N5O6S2. The molecule has 1 aromatic carbocycles. The van der Waals surface area contributed by atoms with E-state index >= 15 is 0 Å². The van der Waals surface area contributed by atoms with Crippen LogP contribution in [-0.2, 0) is 36.6 Å². The van der Waals surface area contributed by atoms with Gasteiger partial charge in [-0.3, -0.25) is 14.3 Å². The summed E-state index contributed by atoms with van der Waals surface area (Å²) in [5.41, 5.74) is -3.73. The quantitative estimate of drug-likeness (QED) is 0.297. The van der Waals surface area contributed by atoms with E-state index in [0.717, 1.165) is 12.1 Å². The Morgan fingerprint density at radius 1 is 1.18 bits per heavy atom. The van der Waals surface area contributed by atoms with Crippen LogP contribution in [0.4, 0.5) is 19.0 Å². The monoisotopic (exact) mass is 653 g/mol. The average molecular weight is 654 g/mol. The van der Waals surface area contributed by atoms with E-state index in [1.807, 2.05) is 0 Å². The summed E-state index contributed by atoms with van der Waals surface area (Å²) < 4.78 is 70.1. The number of piperidine rings is 1. The maximum Gasteiger partial charge on any atom is 0.446 e. The van der Waals surface area contributed by atoms with Gasteiger partial charge in [0.1, 0.15) is 11.9 Å². The molecule has 0 spiro atoms. The molecule has 2 amide bonds. The molecule has 1 N–H and O–H groups in total. The van der Waals surface area contributed by atoms with Crippen molar-refractivity contribution in [3.8, 4) is 6.07 Å². The molecule has 0 bridgehead atoms. The van der Waals surface area contributed by atoms with Crippen molar-refractivity contribution in [3.63, 3.8) is 0 Å². The van der Waals surface area contributed by atoms with Gasteiger partial charge in [-0.15, -0.1) is 0 Å². The molecule has 0 aliphatic carbocycles. The first-order valence-corrected chi connectivity index (χ1v) is 16.3. The normalized spacial score (nSPS) is 16.1. The number of carbonyl (C=O) groups excluding carboxylic acids is 3. The number of benzene rings is 1. The van der Waals surface area contributed by atoms with Crippen LogP contribution in [0.25, 0.3) is 0 Å². The van der Waals surface area contributed by atoms with Crippen molar-refractivity contribution in [2.45, 2.75) is 55.3 Å². The number of pyridine rings is 1. The minimum absolute atomic E-state index is 0.0632. The van der Waals surface area contributed by atoms with Crippen LogP contribution in [-0.4, -0.2) is 67.8 Å². The molecule has 2 saturated heterocycles. The van der Waals surface area contributed by atoms with Crippen LogP contribution in [0.5, 0.6) is 0 Å². The number of nitrogens with one attached hydrogen (secondary N) is 1. The molecule has 236 valence electrons. The van der Waals surface area contributed by atoms with Crippen LogP contribution in [0.3, 0.4) is 0 Å². The van der Waals surface area contributed by atoms with Crippen molar-refractivity contribution in [1.29, 1.82) is 5.26 Å². The summed E-state index contributed by atoms with van der Waals surface area (Å²) >= 11 is -0.313. The number of thioether (sulfide) groups is 1. The van der Waals surface area contributed by atoms with Crippen LogP contribution < -0.4 is 9.62 Å². The number of hydrogen-bond donors (Lipinski definition) is 1. The minimum atomic E-state index is -4.47. The highest BCUT2D eigenvalue weighted by Gasteiger charge is 2.32. The molecule has 4 rings (SSSR count). The number of nitriles is 1. The van der Waals surface area contributed by atoms with Crippen molar-refractivity contribution >= 4 is 45.4 Å². The lowest BCUT2D eigenvalue weighted by molar-refractivity contribution is -0.128. The molecule has 2 aliphatic rings. The number of likely N-dealkylation sites (tertiary alicyclic amines) is 1. The van der Waals surface area contributed by atoms with Crippen LogP contribution in [0, 0.1) is 17.2 Å². The lowest BCUT2D eigenvalue weighted by atomic mass is 9.96. The summed E-state index contributed by atoms with van der Waals surface area (Å²) in [7, 11) is -4.12. The molecule has 2 fully saturated rings. The third kappa shape index (κ3) is 8.63. The molecule has 3 heterocycles. The lowest BCUT2D eigenvalue weighted by Crippen LogP contribution is -2.43. The number of halogens is 3. The van der Waals surface area contributed by atoms with E-state index in [1.165, 1.54) is 18.2 Å². The zero-order chi connectivity index (χ0) is 32.1. The fourth-order valence-corrected chi connectivity index (χ4v) is 6.77. The molecule has 0 radical (unpaired) electrons. The van der Waals surface area contributed by atoms with E-state index < -0.39 is 39.1 Å². The Kier molecular flexibility index (Phi) is 10.4. The first-order chi connectivity index (χ1) is 20.8. The van der Waals surface area contributed by atoms with Crippen molar-refractivity contribution in [1.82, 2.24) is 14.6 Å². The van der Waals surface area contributed by atoms with E-state index in [0.29, 0.717) is 30.9 Å². The summed E-state index contributed by atoms with van der Waals surface area (Å²) in [5, 5.41) is 9.84. The van der Waals surface area contributed by atoms with Gasteiger partial charge in [0.05, 0.1) is 35.7 Å². The Labute approximate surface area is 256 Å². The van der Waals surface area contributed by atoms with Gasteiger partial charge < -0.3 is 14.5 Å². The number of alkyl halides is 3. The Morgan fingerprint density at radius 2 is 1.86 bits per heavy atom. The van der Waals surface area contributed by atoms with Gasteiger partial charge in [0.2, 0.25) is 21.8 Å². The fraction of sp³-hybridized carbons (Fsp3) is 0.464. The SMILES string of the molecule is CCOC(=O)c1cc(C#N)c(N2CCC(C(=O)NS(=O)(=O)Cc3ccc(SC(F)(F)F)cc3)CC2)nc1CN1CCCC1=O. The van der Waals surface area contributed by atoms with Gasteiger partial charge in [-0.2, -0.15) is 18.4 Å². The molecule has 0 atom stereocenters. The highest BCUT2D eigenvalue weighted by atomic mass is 32.2. The summed E-state index contributed by atoms with van der Waals surface area (Å²) in [6.07, 6.45) is 1.58. The zero-order valence-corrected chi connectivity index (χ0v) is 25.4. The van der Waals surface area contributed by atoms with Gasteiger partial charge >= 0.3 is 11.5 Å². The average Bonchev–Trinajstić information content (AvgIpc) is 3.36. The van der Waals surface area contributed by atoms with Gasteiger partial charge in [0, 0.05) is 36.9 Å². The van der Waals surface area contributed by atoms with Gasteiger partial charge in [-0.05, 0) is 61.7 Å². The lowest BCUT2D eigenvalue weighted by Gasteiger charge is -2.33. The number of nitrogens with zero attached hydrogens (tertiary/aromatic N) is 4. The van der Waals surface area contributed by atoms with Crippen LogP contribution in [0.15, 0.2) is 35.2 Å². The number of amides is 2. The highest BCUT2D eigenvalue weighted by molar-refractivity contribution is 8.00. The first kappa shape index (κ1) is 33.1. The predicted molar refractivity (Wildman–Crippen MR) is 154 cm³/mol. The number of ether oxygens (including phenoxy) is 1. The molecule has 44 heavy (non-hydrogen) atoms. The second-order valence-electron chi connectivity index (χ2n) is 10.3. The third-order valence-electron chi connectivity index (χ3n) is 7.14. The van der Waals surface area contributed by atoms with Crippen molar-refractivity contribution < 1.29 is 40.7 Å². The Bertz CT molecular complexity index is 1550. The van der Waals surface area contributed by atoms with E-state index in [2.05, 4.69) is 15.8 Å². The molecule has 16 heteroatoms. The maximum atomic E-state index is 12.8. The van der Waals surface area contributed by atoms with Gasteiger partial charge in [-0.25, -0.2) is 18.2 Å². The predicted octanol–water partition coefficient (Wildman–Crippen LogP) is 3.73. The summed E-state index contributed by atoms with van der Waals surface area (Å²) in [5.74, 6) is -2.37. The Morgan fingerprint density at radius 3 is 2.43 bits per heavy atom. The number of carbonyl (C=O) groups is 3. The molecular weight excluding hydrogens is 623 g/mol.